The fourth-order valence-electron chi connectivity index (χ4n) is 4.19. The van der Waals surface area contributed by atoms with Gasteiger partial charge in [-0.1, -0.05) is 6.92 Å². The van der Waals surface area contributed by atoms with Gasteiger partial charge in [-0.05, 0) is 19.3 Å². The number of hydrogen-bond donors (Lipinski definition) is 2. The Balaban J connectivity index is 1.42. The molecule has 4 aliphatic heterocycles. The number of nitrogens with one attached hydrogen (secondary N) is 2. The summed E-state index contributed by atoms with van der Waals surface area (Å²) in [7, 11) is -1.27. The predicted octanol–water partition coefficient (Wildman–Crippen LogP) is -0.645. The quantitative estimate of drug-likeness (QED) is 0.467. The second kappa shape index (κ2) is 8.86. The van der Waals surface area contributed by atoms with E-state index in [0.29, 0.717) is 25.6 Å². The SMILES string of the molecule is CCCS(=O)(=O)N1CCC(NC(=NC)NCC2CN3CCN2CC3)CC1. The Morgan fingerprint density at radius 3 is 2.35 bits per heavy atom. The molecule has 0 amide bonds. The molecule has 1 atom stereocenters. The van der Waals surface area contributed by atoms with E-state index in [9.17, 15) is 8.42 Å². The molecule has 0 aromatic rings. The average Bonchev–Trinajstić information content (AvgIpc) is 2.66. The molecule has 0 aliphatic carbocycles. The van der Waals surface area contributed by atoms with Gasteiger partial charge in [0, 0.05) is 71.5 Å². The molecule has 8 nitrogen and oxygen atoms in total. The maximum Gasteiger partial charge on any atom is 0.214 e. The number of aliphatic imine (C=N–C) groups is 1. The van der Waals surface area contributed by atoms with E-state index in [2.05, 4.69) is 25.4 Å². The van der Waals surface area contributed by atoms with Gasteiger partial charge < -0.3 is 10.6 Å². The number of guanidine groups is 1. The van der Waals surface area contributed by atoms with Crippen molar-refractivity contribution in [3.8, 4) is 0 Å². The van der Waals surface area contributed by atoms with Crippen LogP contribution in [-0.2, 0) is 10.0 Å². The van der Waals surface area contributed by atoms with Gasteiger partial charge in [-0.2, -0.15) is 0 Å². The van der Waals surface area contributed by atoms with Crippen molar-refractivity contribution in [3.63, 3.8) is 0 Å². The maximum absolute atomic E-state index is 12.2. The summed E-state index contributed by atoms with van der Waals surface area (Å²) in [5, 5.41) is 6.95. The number of piperidine rings is 1. The molecule has 2 bridgehead atoms. The fraction of sp³-hybridized carbons (Fsp3) is 0.941. The Hall–Kier alpha value is -0.900. The predicted molar refractivity (Wildman–Crippen MR) is 105 cm³/mol. The van der Waals surface area contributed by atoms with Gasteiger partial charge in [-0.15, -0.1) is 0 Å². The van der Waals surface area contributed by atoms with Gasteiger partial charge in [-0.3, -0.25) is 14.8 Å². The number of nitrogens with zero attached hydrogens (tertiary/aromatic N) is 4. The third-order valence-electron chi connectivity index (χ3n) is 5.77. The van der Waals surface area contributed by atoms with Crippen LogP contribution >= 0.6 is 0 Å². The van der Waals surface area contributed by atoms with E-state index in [1.165, 1.54) is 26.2 Å². The van der Waals surface area contributed by atoms with Crippen LogP contribution in [-0.4, -0.2) is 106 Å². The lowest BCUT2D eigenvalue weighted by molar-refractivity contribution is 0.0154. The molecule has 0 aromatic carbocycles. The van der Waals surface area contributed by atoms with Crippen molar-refractivity contribution in [2.45, 2.75) is 38.3 Å². The molecule has 9 heteroatoms. The van der Waals surface area contributed by atoms with Crippen LogP contribution < -0.4 is 10.6 Å². The normalized spacial score (nSPS) is 31.2. The number of piperazine rings is 3. The van der Waals surface area contributed by atoms with E-state index < -0.39 is 10.0 Å². The number of sulfonamides is 1. The third-order valence-corrected chi connectivity index (χ3v) is 7.85. The molecule has 150 valence electrons. The largest absolute Gasteiger partial charge is 0.355 e. The summed E-state index contributed by atoms with van der Waals surface area (Å²) in [5.74, 6) is 1.08. The molecule has 0 saturated carbocycles. The Kier molecular flexibility index (Phi) is 6.76. The third kappa shape index (κ3) is 4.88. The minimum Gasteiger partial charge on any atom is -0.355 e. The Labute approximate surface area is 158 Å². The summed E-state index contributed by atoms with van der Waals surface area (Å²) >= 11 is 0. The van der Waals surface area contributed by atoms with E-state index in [1.54, 1.807) is 11.4 Å². The van der Waals surface area contributed by atoms with Gasteiger partial charge in [-0.25, -0.2) is 12.7 Å². The Morgan fingerprint density at radius 2 is 1.81 bits per heavy atom. The number of hydrogen-bond acceptors (Lipinski definition) is 5. The van der Waals surface area contributed by atoms with Crippen molar-refractivity contribution in [1.29, 1.82) is 0 Å². The molecule has 0 aromatic heterocycles. The molecule has 4 fully saturated rings. The first-order chi connectivity index (χ1) is 12.5. The average molecular weight is 387 g/mol. The summed E-state index contributed by atoms with van der Waals surface area (Å²) < 4.78 is 26.0. The summed E-state index contributed by atoms with van der Waals surface area (Å²) in [4.78, 5) is 9.46. The molecule has 26 heavy (non-hydrogen) atoms. The van der Waals surface area contributed by atoms with E-state index in [-0.39, 0.29) is 11.8 Å². The zero-order valence-electron chi connectivity index (χ0n) is 16.2. The summed E-state index contributed by atoms with van der Waals surface area (Å²) in [6.45, 7) is 9.88. The Bertz CT molecular complexity index is 580. The van der Waals surface area contributed by atoms with Gasteiger partial charge in [0.2, 0.25) is 10.0 Å². The highest BCUT2D eigenvalue weighted by Gasteiger charge is 2.32. The lowest BCUT2D eigenvalue weighted by Crippen LogP contribution is -2.64. The molecule has 1 unspecified atom stereocenters. The molecule has 4 rings (SSSR count). The van der Waals surface area contributed by atoms with Crippen LogP contribution in [0.5, 0.6) is 0 Å². The van der Waals surface area contributed by atoms with Crippen LogP contribution in [0.4, 0.5) is 0 Å². The fourth-order valence-corrected chi connectivity index (χ4v) is 5.73. The monoisotopic (exact) mass is 386 g/mol. The highest BCUT2D eigenvalue weighted by atomic mass is 32.2. The van der Waals surface area contributed by atoms with Gasteiger partial charge in [0.25, 0.3) is 0 Å². The van der Waals surface area contributed by atoms with Gasteiger partial charge >= 0.3 is 0 Å². The Morgan fingerprint density at radius 1 is 1.12 bits per heavy atom. The molecule has 4 saturated heterocycles. The minimum absolute atomic E-state index is 0.253. The van der Waals surface area contributed by atoms with Crippen LogP contribution in [0.25, 0.3) is 0 Å². The van der Waals surface area contributed by atoms with Crippen molar-refractivity contribution in [3.05, 3.63) is 0 Å². The molecule has 0 spiro atoms. The zero-order valence-corrected chi connectivity index (χ0v) is 17.0. The van der Waals surface area contributed by atoms with Crippen molar-refractivity contribution >= 4 is 16.0 Å². The van der Waals surface area contributed by atoms with Crippen LogP contribution in [0, 0.1) is 0 Å². The number of fused-ring (bicyclic) bond motifs is 3. The first-order valence-corrected chi connectivity index (χ1v) is 11.5. The van der Waals surface area contributed by atoms with Gasteiger partial charge in [0.15, 0.2) is 5.96 Å². The standard InChI is InChI=1S/C17H34N6O2S/c1-3-12-26(24,25)23-6-4-15(5-7-23)20-17(18-2)19-13-16-14-21-8-10-22(16)11-9-21/h15-16H,3-14H2,1-2H3,(H2,18,19,20). The topological polar surface area (TPSA) is 80.3 Å². The van der Waals surface area contributed by atoms with Crippen molar-refractivity contribution < 1.29 is 8.42 Å². The first-order valence-electron chi connectivity index (χ1n) is 9.93. The highest BCUT2D eigenvalue weighted by Crippen LogP contribution is 2.16. The molecular formula is C17H34N6O2S. The second-order valence-electron chi connectivity index (χ2n) is 7.58. The molecule has 4 heterocycles. The highest BCUT2D eigenvalue weighted by molar-refractivity contribution is 7.89. The van der Waals surface area contributed by atoms with E-state index >= 15 is 0 Å². The number of rotatable bonds is 6. The summed E-state index contributed by atoms with van der Waals surface area (Å²) in [6.07, 6.45) is 2.33. The van der Waals surface area contributed by atoms with Gasteiger partial charge in [0.1, 0.15) is 0 Å². The summed E-state index contributed by atoms with van der Waals surface area (Å²) in [5.41, 5.74) is 0. The smallest absolute Gasteiger partial charge is 0.214 e. The lowest BCUT2D eigenvalue weighted by atomic mass is 10.1. The van der Waals surface area contributed by atoms with Crippen molar-refractivity contribution in [1.82, 2.24) is 24.7 Å². The van der Waals surface area contributed by atoms with Crippen LogP contribution in [0.1, 0.15) is 26.2 Å². The minimum atomic E-state index is -3.07. The van der Waals surface area contributed by atoms with E-state index in [4.69, 9.17) is 0 Å². The zero-order chi connectivity index (χ0) is 18.6. The maximum atomic E-state index is 12.2. The van der Waals surface area contributed by atoms with E-state index in [1.807, 2.05) is 6.92 Å². The van der Waals surface area contributed by atoms with Crippen LogP contribution in [0.3, 0.4) is 0 Å². The summed E-state index contributed by atoms with van der Waals surface area (Å²) in [6, 6.07) is 0.832. The molecule has 4 aliphatic rings. The lowest BCUT2D eigenvalue weighted by Gasteiger charge is -2.47. The van der Waals surface area contributed by atoms with Crippen molar-refractivity contribution in [2.75, 3.05) is 65.2 Å². The van der Waals surface area contributed by atoms with E-state index in [0.717, 1.165) is 31.9 Å². The molecular weight excluding hydrogens is 352 g/mol. The molecule has 2 N–H and O–H groups in total. The van der Waals surface area contributed by atoms with Crippen LogP contribution in [0.2, 0.25) is 0 Å². The molecule has 0 radical (unpaired) electrons. The second-order valence-corrected chi connectivity index (χ2v) is 9.67. The van der Waals surface area contributed by atoms with Crippen molar-refractivity contribution in [2.24, 2.45) is 4.99 Å². The first kappa shape index (κ1) is 19.9. The van der Waals surface area contributed by atoms with Crippen LogP contribution in [0.15, 0.2) is 4.99 Å². The van der Waals surface area contributed by atoms with Gasteiger partial charge in [0.05, 0.1) is 5.75 Å².